The molecule has 0 spiro atoms. The van der Waals surface area contributed by atoms with Crippen LogP contribution >= 0.6 is 11.8 Å². The van der Waals surface area contributed by atoms with E-state index in [1.54, 1.807) is 4.90 Å². The number of rotatable bonds is 7. The van der Waals surface area contributed by atoms with Gasteiger partial charge in [-0.05, 0) is 56.5 Å². The summed E-state index contributed by atoms with van der Waals surface area (Å²) < 4.78 is 7.51. The fourth-order valence-electron chi connectivity index (χ4n) is 4.35. The maximum atomic E-state index is 13.7. The van der Waals surface area contributed by atoms with Crippen molar-refractivity contribution in [3.05, 3.63) is 59.2 Å². The smallest absolute Gasteiger partial charge is 0.247 e. The standard InChI is InChI=1S/C26H31N3O3S/c1-5-32-14-8-13-27-25(31)24-23-20-9-6-7-10-21(20)28(4)26(23)33-16-22(30)29(24)19-12-11-17(2)18(3)15-19/h6-7,9-12,15,24H,5,8,13-14,16H2,1-4H3,(H,27,31). The van der Waals surface area contributed by atoms with Gasteiger partial charge in [0.15, 0.2) is 0 Å². The third-order valence-corrected chi connectivity index (χ3v) is 7.37. The molecule has 2 aromatic carbocycles. The zero-order valence-corrected chi connectivity index (χ0v) is 20.5. The summed E-state index contributed by atoms with van der Waals surface area (Å²) in [5.41, 5.74) is 4.94. The number of hydrogen-bond donors (Lipinski definition) is 1. The number of hydrogen-bond acceptors (Lipinski definition) is 4. The van der Waals surface area contributed by atoms with E-state index in [2.05, 4.69) is 16.0 Å². The Bertz CT molecular complexity index is 1190. The molecule has 2 heterocycles. The first-order valence-electron chi connectivity index (χ1n) is 11.4. The SMILES string of the molecule is CCOCCCNC(=O)C1c2c(n(C)c3ccccc23)SCC(=O)N1c1ccc(C)c(C)c1. The van der Waals surface area contributed by atoms with E-state index < -0.39 is 6.04 Å². The lowest BCUT2D eigenvalue weighted by atomic mass is 10.0. The maximum Gasteiger partial charge on any atom is 0.247 e. The molecule has 3 aromatic rings. The molecule has 6 nitrogen and oxygen atoms in total. The molecule has 7 heteroatoms. The van der Waals surface area contributed by atoms with E-state index >= 15 is 0 Å². The highest BCUT2D eigenvalue weighted by molar-refractivity contribution is 8.00. The van der Waals surface area contributed by atoms with Crippen molar-refractivity contribution in [2.24, 2.45) is 7.05 Å². The highest BCUT2D eigenvalue weighted by Gasteiger charge is 2.39. The predicted octanol–water partition coefficient (Wildman–Crippen LogP) is 4.52. The molecule has 33 heavy (non-hydrogen) atoms. The molecule has 174 valence electrons. The highest BCUT2D eigenvalue weighted by Crippen LogP contribution is 2.43. The number of benzene rings is 2. The minimum Gasteiger partial charge on any atom is -0.382 e. The number of aryl methyl sites for hydroxylation is 3. The monoisotopic (exact) mass is 465 g/mol. The van der Waals surface area contributed by atoms with Gasteiger partial charge in [-0.15, -0.1) is 0 Å². The van der Waals surface area contributed by atoms with Crippen LogP contribution in [0.1, 0.15) is 36.1 Å². The molecule has 2 amide bonds. The first-order chi connectivity index (χ1) is 15.9. The lowest BCUT2D eigenvalue weighted by Crippen LogP contribution is -2.44. The van der Waals surface area contributed by atoms with Crippen LogP contribution in [0.25, 0.3) is 10.9 Å². The summed E-state index contributed by atoms with van der Waals surface area (Å²) in [6.45, 7) is 7.78. The molecule has 0 radical (unpaired) electrons. The zero-order chi connectivity index (χ0) is 23.5. The van der Waals surface area contributed by atoms with Gasteiger partial charge in [0, 0.05) is 49.0 Å². The second-order valence-corrected chi connectivity index (χ2v) is 9.32. The molecule has 0 fully saturated rings. The van der Waals surface area contributed by atoms with Gasteiger partial charge in [0.2, 0.25) is 11.8 Å². The quantitative estimate of drug-likeness (QED) is 0.521. The normalized spacial score (nSPS) is 16.1. The van der Waals surface area contributed by atoms with Crippen LogP contribution in [0.2, 0.25) is 0 Å². The number of nitrogens with zero attached hydrogens (tertiary/aromatic N) is 2. The van der Waals surface area contributed by atoms with Gasteiger partial charge in [0.05, 0.1) is 10.8 Å². The summed E-state index contributed by atoms with van der Waals surface area (Å²) in [4.78, 5) is 28.9. The van der Waals surface area contributed by atoms with Crippen LogP contribution < -0.4 is 10.2 Å². The predicted molar refractivity (Wildman–Crippen MR) is 134 cm³/mol. The lowest BCUT2D eigenvalue weighted by molar-refractivity contribution is -0.125. The molecule has 1 unspecified atom stereocenters. The Balaban J connectivity index is 1.82. The Hall–Kier alpha value is -2.77. The molecule has 1 aliphatic rings. The molecule has 0 aliphatic carbocycles. The summed E-state index contributed by atoms with van der Waals surface area (Å²) in [7, 11) is 2.00. The Labute approximate surface area is 199 Å². The van der Waals surface area contributed by atoms with Crippen LogP contribution in [-0.2, 0) is 21.4 Å². The van der Waals surface area contributed by atoms with Crippen LogP contribution in [0, 0.1) is 13.8 Å². The van der Waals surface area contributed by atoms with Gasteiger partial charge < -0.3 is 14.6 Å². The Morgan fingerprint density at radius 3 is 2.73 bits per heavy atom. The molecule has 4 rings (SSSR count). The van der Waals surface area contributed by atoms with E-state index in [-0.39, 0.29) is 17.6 Å². The van der Waals surface area contributed by atoms with Gasteiger partial charge in [-0.1, -0.05) is 36.0 Å². The van der Waals surface area contributed by atoms with Crippen LogP contribution in [0.15, 0.2) is 47.5 Å². The molecule has 0 saturated carbocycles. The molecule has 0 saturated heterocycles. The average Bonchev–Trinajstić information content (AvgIpc) is 2.98. The topological polar surface area (TPSA) is 63.6 Å². The Morgan fingerprint density at radius 2 is 1.97 bits per heavy atom. The molecular weight excluding hydrogens is 434 g/mol. The largest absolute Gasteiger partial charge is 0.382 e. The molecule has 1 atom stereocenters. The van der Waals surface area contributed by atoms with Gasteiger partial charge in [-0.3, -0.25) is 14.5 Å². The number of para-hydroxylation sites is 1. The number of anilines is 1. The lowest BCUT2D eigenvalue weighted by Gasteiger charge is -2.30. The van der Waals surface area contributed by atoms with Crippen LogP contribution in [0.3, 0.4) is 0 Å². The third kappa shape index (κ3) is 4.52. The zero-order valence-electron chi connectivity index (χ0n) is 19.7. The van der Waals surface area contributed by atoms with Crippen molar-refractivity contribution in [1.82, 2.24) is 9.88 Å². The second-order valence-electron chi connectivity index (χ2n) is 8.36. The van der Waals surface area contributed by atoms with E-state index in [4.69, 9.17) is 4.74 Å². The summed E-state index contributed by atoms with van der Waals surface area (Å²) in [6, 6.07) is 13.3. The van der Waals surface area contributed by atoms with E-state index in [9.17, 15) is 9.59 Å². The van der Waals surface area contributed by atoms with Gasteiger partial charge in [0.25, 0.3) is 0 Å². The van der Waals surface area contributed by atoms with Gasteiger partial charge in [-0.2, -0.15) is 0 Å². The van der Waals surface area contributed by atoms with Crippen molar-refractivity contribution in [1.29, 1.82) is 0 Å². The number of amides is 2. The van der Waals surface area contributed by atoms with Gasteiger partial charge in [0.1, 0.15) is 6.04 Å². The first kappa shape index (κ1) is 23.4. The van der Waals surface area contributed by atoms with E-state index in [0.717, 1.165) is 44.7 Å². The summed E-state index contributed by atoms with van der Waals surface area (Å²) in [6.07, 6.45) is 0.723. The van der Waals surface area contributed by atoms with Crippen LogP contribution in [0.4, 0.5) is 5.69 Å². The number of fused-ring (bicyclic) bond motifs is 3. The molecule has 1 aromatic heterocycles. The second kappa shape index (κ2) is 10.0. The minimum absolute atomic E-state index is 0.0713. The molecule has 0 bridgehead atoms. The fraction of sp³-hybridized carbons (Fsp3) is 0.385. The summed E-state index contributed by atoms with van der Waals surface area (Å²) in [5.74, 6) is 0.0363. The Kier molecular flexibility index (Phi) is 7.10. The van der Waals surface area contributed by atoms with E-state index in [0.29, 0.717) is 19.8 Å². The number of nitrogens with one attached hydrogen (secondary N) is 1. The molecular formula is C26H31N3O3S. The summed E-state index contributed by atoms with van der Waals surface area (Å²) >= 11 is 1.50. The Morgan fingerprint density at radius 1 is 1.18 bits per heavy atom. The van der Waals surface area contributed by atoms with E-state index in [1.807, 2.05) is 64.2 Å². The third-order valence-electron chi connectivity index (χ3n) is 6.21. The number of thioether (sulfide) groups is 1. The number of carbonyl (C=O) groups is 2. The van der Waals surface area contributed by atoms with Crippen LogP contribution in [0.5, 0.6) is 0 Å². The highest BCUT2D eigenvalue weighted by atomic mass is 32.2. The number of carbonyl (C=O) groups excluding carboxylic acids is 2. The van der Waals surface area contributed by atoms with Gasteiger partial charge >= 0.3 is 0 Å². The number of ether oxygens (including phenoxy) is 1. The van der Waals surface area contributed by atoms with Gasteiger partial charge in [-0.25, -0.2) is 0 Å². The number of aromatic nitrogens is 1. The van der Waals surface area contributed by atoms with Crippen LogP contribution in [-0.4, -0.2) is 41.9 Å². The average molecular weight is 466 g/mol. The maximum absolute atomic E-state index is 13.7. The summed E-state index contributed by atoms with van der Waals surface area (Å²) in [5, 5.41) is 5.03. The molecule has 1 N–H and O–H groups in total. The van der Waals surface area contributed by atoms with Crippen molar-refractivity contribution in [3.8, 4) is 0 Å². The van der Waals surface area contributed by atoms with E-state index in [1.165, 1.54) is 11.8 Å². The van der Waals surface area contributed by atoms with Crippen molar-refractivity contribution in [2.75, 3.05) is 30.4 Å². The molecule has 1 aliphatic heterocycles. The first-order valence-corrected chi connectivity index (χ1v) is 12.4. The van der Waals surface area contributed by atoms with Crippen molar-refractivity contribution >= 4 is 40.2 Å². The van der Waals surface area contributed by atoms with Crippen molar-refractivity contribution in [2.45, 2.75) is 38.3 Å². The van der Waals surface area contributed by atoms with Crippen molar-refractivity contribution < 1.29 is 14.3 Å². The van der Waals surface area contributed by atoms with Crippen molar-refractivity contribution in [3.63, 3.8) is 0 Å². The minimum atomic E-state index is -0.747. The fourth-order valence-corrected chi connectivity index (χ4v) is 5.42.